The molecule has 6 heteroatoms. The van der Waals surface area contributed by atoms with Crippen molar-refractivity contribution in [3.05, 3.63) is 65.4 Å². The summed E-state index contributed by atoms with van der Waals surface area (Å²) in [7, 11) is 0. The van der Waals surface area contributed by atoms with Gasteiger partial charge in [0.05, 0.1) is 0 Å². The summed E-state index contributed by atoms with van der Waals surface area (Å²) >= 11 is 5.88. The molecule has 3 aromatic rings. The predicted octanol–water partition coefficient (Wildman–Crippen LogP) is 4.14. The van der Waals surface area contributed by atoms with E-state index in [1.165, 1.54) is 24.3 Å². The van der Waals surface area contributed by atoms with Gasteiger partial charge in [0.2, 0.25) is 5.28 Å². The minimum Gasteiger partial charge on any atom is -0.208 e. The van der Waals surface area contributed by atoms with Crippen LogP contribution in [0.25, 0.3) is 22.8 Å². The number of nitrogens with zero attached hydrogens (tertiary/aromatic N) is 3. The molecule has 0 saturated carbocycles. The van der Waals surface area contributed by atoms with Gasteiger partial charge in [-0.15, -0.1) is 0 Å². The molecule has 1 heterocycles. The van der Waals surface area contributed by atoms with Crippen LogP contribution in [0.2, 0.25) is 5.28 Å². The molecular weight excluding hydrogens is 296 g/mol. The lowest BCUT2D eigenvalue weighted by molar-refractivity contribution is 0.628. The van der Waals surface area contributed by atoms with Gasteiger partial charge in [0.1, 0.15) is 11.6 Å². The van der Waals surface area contributed by atoms with E-state index in [2.05, 4.69) is 15.0 Å². The summed E-state index contributed by atoms with van der Waals surface area (Å²) in [6, 6.07) is 11.6. The van der Waals surface area contributed by atoms with Crippen LogP contribution < -0.4 is 0 Å². The molecule has 2 aromatic carbocycles. The van der Waals surface area contributed by atoms with Crippen LogP contribution in [0.5, 0.6) is 0 Å². The standard InChI is InChI=1S/C15H8ClF2N3/c16-15-20-13(9-3-1-5-11(17)7-9)19-14(21-15)10-4-2-6-12(18)8-10/h1-8H. The highest BCUT2D eigenvalue weighted by atomic mass is 35.5. The Balaban J connectivity index is 2.12. The van der Waals surface area contributed by atoms with Crippen LogP contribution in [0.3, 0.4) is 0 Å². The monoisotopic (exact) mass is 303 g/mol. The zero-order valence-corrected chi connectivity index (χ0v) is 11.4. The van der Waals surface area contributed by atoms with Crippen LogP contribution in [0.15, 0.2) is 48.5 Å². The summed E-state index contributed by atoms with van der Waals surface area (Å²) in [4.78, 5) is 12.2. The van der Waals surface area contributed by atoms with E-state index in [9.17, 15) is 8.78 Å². The lowest BCUT2D eigenvalue weighted by Gasteiger charge is -2.05. The van der Waals surface area contributed by atoms with Gasteiger partial charge in [0.25, 0.3) is 0 Å². The molecular formula is C15H8ClF2N3. The molecule has 0 N–H and O–H groups in total. The van der Waals surface area contributed by atoms with E-state index in [0.717, 1.165) is 0 Å². The summed E-state index contributed by atoms with van der Waals surface area (Å²) < 4.78 is 26.6. The molecule has 0 fully saturated rings. The van der Waals surface area contributed by atoms with Gasteiger partial charge in [-0.2, -0.15) is 9.97 Å². The van der Waals surface area contributed by atoms with E-state index >= 15 is 0 Å². The highest BCUT2D eigenvalue weighted by Crippen LogP contribution is 2.22. The van der Waals surface area contributed by atoms with Crippen molar-refractivity contribution >= 4 is 11.6 Å². The van der Waals surface area contributed by atoms with Crippen molar-refractivity contribution in [2.45, 2.75) is 0 Å². The van der Waals surface area contributed by atoms with Crippen molar-refractivity contribution in [1.29, 1.82) is 0 Å². The van der Waals surface area contributed by atoms with Gasteiger partial charge in [-0.3, -0.25) is 0 Å². The number of rotatable bonds is 2. The van der Waals surface area contributed by atoms with Crippen molar-refractivity contribution in [3.8, 4) is 22.8 Å². The van der Waals surface area contributed by atoms with Crippen molar-refractivity contribution in [2.75, 3.05) is 0 Å². The zero-order valence-electron chi connectivity index (χ0n) is 10.6. The number of benzene rings is 2. The fourth-order valence-corrected chi connectivity index (χ4v) is 2.02. The Labute approximate surface area is 124 Å². The van der Waals surface area contributed by atoms with Crippen LogP contribution >= 0.6 is 11.6 Å². The second-order valence-electron chi connectivity index (χ2n) is 4.27. The molecule has 3 rings (SSSR count). The molecule has 0 aliphatic rings. The maximum absolute atomic E-state index is 13.3. The lowest BCUT2D eigenvalue weighted by Crippen LogP contribution is -1.97. The van der Waals surface area contributed by atoms with Crippen molar-refractivity contribution in [1.82, 2.24) is 15.0 Å². The Kier molecular flexibility index (Phi) is 3.58. The van der Waals surface area contributed by atoms with E-state index in [1.807, 2.05) is 0 Å². The molecule has 21 heavy (non-hydrogen) atoms. The molecule has 0 saturated heterocycles. The molecule has 0 spiro atoms. The van der Waals surface area contributed by atoms with E-state index < -0.39 is 11.6 Å². The molecule has 0 bridgehead atoms. The van der Waals surface area contributed by atoms with Crippen molar-refractivity contribution in [2.24, 2.45) is 0 Å². The van der Waals surface area contributed by atoms with Gasteiger partial charge in [-0.25, -0.2) is 13.8 Å². The van der Waals surface area contributed by atoms with Crippen LogP contribution in [0.1, 0.15) is 0 Å². The minimum atomic E-state index is -0.406. The van der Waals surface area contributed by atoms with E-state index in [4.69, 9.17) is 11.6 Å². The second kappa shape index (κ2) is 5.54. The third kappa shape index (κ3) is 3.03. The molecule has 0 radical (unpaired) electrons. The third-order valence-corrected chi connectivity index (χ3v) is 2.94. The Morgan fingerprint density at radius 1 is 0.714 bits per heavy atom. The molecule has 0 atom stereocenters. The van der Waals surface area contributed by atoms with Gasteiger partial charge in [0, 0.05) is 11.1 Å². The predicted molar refractivity (Wildman–Crippen MR) is 75.6 cm³/mol. The fraction of sp³-hybridized carbons (Fsp3) is 0. The number of hydrogen-bond acceptors (Lipinski definition) is 3. The van der Waals surface area contributed by atoms with E-state index in [-0.39, 0.29) is 16.9 Å². The highest BCUT2D eigenvalue weighted by molar-refractivity contribution is 6.28. The molecule has 0 unspecified atom stereocenters. The lowest BCUT2D eigenvalue weighted by atomic mass is 10.2. The smallest absolute Gasteiger partial charge is 0.208 e. The van der Waals surface area contributed by atoms with Gasteiger partial charge in [-0.1, -0.05) is 24.3 Å². The summed E-state index contributed by atoms with van der Waals surface area (Å²) in [6.45, 7) is 0. The average Bonchev–Trinajstić information content (AvgIpc) is 2.46. The quantitative estimate of drug-likeness (QED) is 0.714. The molecule has 1 aromatic heterocycles. The Morgan fingerprint density at radius 3 is 1.62 bits per heavy atom. The Hall–Kier alpha value is -2.40. The first-order valence-electron chi connectivity index (χ1n) is 6.05. The molecule has 0 aliphatic heterocycles. The first kappa shape index (κ1) is 13.6. The van der Waals surface area contributed by atoms with Crippen LogP contribution in [-0.4, -0.2) is 15.0 Å². The molecule has 0 aliphatic carbocycles. The summed E-state index contributed by atoms with van der Waals surface area (Å²) in [5, 5.41) is -0.0384. The number of hydrogen-bond donors (Lipinski definition) is 0. The summed E-state index contributed by atoms with van der Waals surface area (Å²) in [5.41, 5.74) is 0.939. The molecule has 104 valence electrons. The first-order chi connectivity index (χ1) is 10.1. The third-order valence-electron chi connectivity index (χ3n) is 2.77. The second-order valence-corrected chi connectivity index (χ2v) is 4.61. The highest BCUT2D eigenvalue weighted by Gasteiger charge is 2.10. The van der Waals surface area contributed by atoms with E-state index in [0.29, 0.717) is 11.1 Å². The SMILES string of the molecule is Fc1cccc(-c2nc(Cl)nc(-c3cccc(F)c3)n2)c1. The fourth-order valence-electron chi connectivity index (χ4n) is 1.86. The summed E-state index contributed by atoms with van der Waals surface area (Å²) in [5.74, 6) is -0.352. The normalized spacial score (nSPS) is 10.6. The first-order valence-corrected chi connectivity index (χ1v) is 6.43. The molecule has 3 nitrogen and oxygen atoms in total. The van der Waals surface area contributed by atoms with E-state index in [1.54, 1.807) is 24.3 Å². The Bertz CT molecular complexity index is 745. The maximum atomic E-state index is 13.3. The number of halogens is 3. The topological polar surface area (TPSA) is 38.7 Å². The maximum Gasteiger partial charge on any atom is 0.226 e. The van der Waals surface area contributed by atoms with Gasteiger partial charge in [0.15, 0.2) is 11.6 Å². The zero-order chi connectivity index (χ0) is 14.8. The van der Waals surface area contributed by atoms with Gasteiger partial charge >= 0.3 is 0 Å². The van der Waals surface area contributed by atoms with Crippen LogP contribution in [0, 0.1) is 11.6 Å². The van der Waals surface area contributed by atoms with Crippen LogP contribution in [0.4, 0.5) is 8.78 Å². The van der Waals surface area contributed by atoms with Crippen molar-refractivity contribution in [3.63, 3.8) is 0 Å². The Morgan fingerprint density at radius 2 is 1.19 bits per heavy atom. The van der Waals surface area contributed by atoms with Gasteiger partial charge in [-0.05, 0) is 35.9 Å². The van der Waals surface area contributed by atoms with Gasteiger partial charge < -0.3 is 0 Å². The largest absolute Gasteiger partial charge is 0.226 e. The minimum absolute atomic E-state index is 0.0384. The summed E-state index contributed by atoms with van der Waals surface area (Å²) in [6.07, 6.45) is 0. The van der Waals surface area contributed by atoms with Crippen molar-refractivity contribution < 1.29 is 8.78 Å². The average molecular weight is 304 g/mol. The number of aromatic nitrogens is 3. The molecule has 0 amide bonds. The van der Waals surface area contributed by atoms with Crippen LogP contribution in [-0.2, 0) is 0 Å².